The molecule has 0 unspecified atom stereocenters. The summed E-state index contributed by atoms with van der Waals surface area (Å²) in [5.74, 6) is -0.178. The van der Waals surface area contributed by atoms with Crippen LogP contribution in [0.5, 0.6) is 0 Å². The SMILES string of the molecule is O=C(c1cn(Cc2ccccc2)c2ccccc12)N1CCN(c2ccccc2F)CC1. The molecule has 2 heterocycles. The van der Waals surface area contributed by atoms with Crippen molar-refractivity contribution in [1.82, 2.24) is 9.47 Å². The molecule has 0 atom stereocenters. The third-order valence-corrected chi connectivity index (χ3v) is 5.97. The molecular formula is C26H24FN3O. The summed E-state index contributed by atoms with van der Waals surface area (Å²) in [6, 6.07) is 25.1. The van der Waals surface area contributed by atoms with Gasteiger partial charge in [0.15, 0.2) is 0 Å². The first-order chi connectivity index (χ1) is 15.2. The minimum absolute atomic E-state index is 0.0381. The van der Waals surface area contributed by atoms with E-state index in [1.165, 1.54) is 11.6 Å². The van der Waals surface area contributed by atoms with E-state index in [9.17, 15) is 9.18 Å². The maximum Gasteiger partial charge on any atom is 0.256 e. The Labute approximate surface area is 181 Å². The van der Waals surface area contributed by atoms with Crippen molar-refractivity contribution in [1.29, 1.82) is 0 Å². The average molecular weight is 413 g/mol. The maximum atomic E-state index is 14.1. The van der Waals surface area contributed by atoms with Gasteiger partial charge in [-0.1, -0.05) is 60.7 Å². The summed E-state index contributed by atoms with van der Waals surface area (Å²) in [5, 5.41) is 0.972. The van der Waals surface area contributed by atoms with Crippen LogP contribution in [0.4, 0.5) is 10.1 Å². The van der Waals surface area contributed by atoms with Crippen molar-refractivity contribution in [3.63, 3.8) is 0 Å². The van der Waals surface area contributed by atoms with Gasteiger partial charge in [-0.15, -0.1) is 0 Å². The van der Waals surface area contributed by atoms with Crippen molar-refractivity contribution in [2.45, 2.75) is 6.54 Å². The van der Waals surface area contributed by atoms with Gasteiger partial charge in [-0.05, 0) is 23.8 Å². The van der Waals surface area contributed by atoms with Gasteiger partial charge in [-0.2, -0.15) is 0 Å². The van der Waals surface area contributed by atoms with Crippen molar-refractivity contribution in [3.05, 3.63) is 102 Å². The summed E-state index contributed by atoms with van der Waals surface area (Å²) in [6.45, 7) is 3.11. The number of anilines is 1. The third-order valence-electron chi connectivity index (χ3n) is 5.97. The molecule has 1 amide bonds. The molecule has 4 aromatic rings. The zero-order valence-electron chi connectivity index (χ0n) is 17.2. The zero-order chi connectivity index (χ0) is 21.2. The first-order valence-electron chi connectivity index (χ1n) is 10.6. The molecule has 3 aromatic carbocycles. The highest BCUT2D eigenvalue weighted by atomic mass is 19.1. The highest BCUT2D eigenvalue weighted by molar-refractivity contribution is 6.07. The molecule has 0 N–H and O–H groups in total. The molecule has 156 valence electrons. The first kappa shape index (κ1) is 19.4. The van der Waals surface area contributed by atoms with Crippen molar-refractivity contribution in [2.24, 2.45) is 0 Å². The summed E-state index contributed by atoms with van der Waals surface area (Å²) in [6.07, 6.45) is 1.98. The number of carbonyl (C=O) groups excluding carboxylic acids is 1. The van der Waals surface area contributed by atoms with Gasteiger partial charge in [0, 0.05) is 49.8 Å². The number of nitrogens with zero attached hydrogens (tertiary/aromatic N) is 3. The van der Waals surface area contributed by atoms with E-state index in [-0.39, 0.29) is 11.7 Å². The molecular weight excluding hydrogens is 389 g/mol. The number of halogens is 1. The van der Waals surface area contributed by atoms with Gasteiger partial charge in [0.05, 0.1) is 11.3 Å². The fraction of sp³-hybridized carbons (Fsp3) is 0.192. The van der Waals surface area contributed by atoms with Gasteiger partial charge >= 0.3 is 0 Å². The molecule has 0 saturated carbocycles. The van der Waals surface area contributed by atoms with Gasteiger partial charge in [-0.3, -0.25) is 4.79 Å². The van der Waals surface area contributed by atoms with E-state index >= 15 is 0 Å². The number of hydrogen-bond donors (Lipinski definition) is 0. The monoisotopic (exact) mass is 413 g/mol. The molecule has 0 spiro atoms. The Morgan fingerprint density at radius 1 is 0.806 bits per heavy atom. The van der Waals surface area contributed by atoms with E-state index in [0.29, 0.717) is 31.9 Å². The summed E-state index contributed by atoms with van der Waals surface area (Å²) >= 11 is 0. The predicted octanol–water partition coefficient (Wildman–Crippen LogP) is 4.79. The fourth-order valence-corrected chi connectivity index (χ4v) is 4.36. The molecule has 0 aliphatic carbocycles. The van der Waals surface area contributed by atoms with Crippen molar-refractivity contribution in [3.8, 4) is 0 Å². The number of hydrogen-bond acceptors (Lipinski definition) is 2. The normalized spacial score (nSPS) is 14.2. The van der Waals surface area contributed by atoms with Crippen LogP contribution >= 0.6 is 0 Å². The smallest absolute Gasteiger partial charge is 0.256 e. The first-order valence-corrected chi connectivity index (χ1v) is 10.6. The van der Waals surface area contributed by atoms with E-state index in [1.807, 2.05) is 58.5 Å². The molecule has 31 heavy (non-hydrogen) atoms. The molecule has 1 aromatic heterocycles. The van der Waals surface area contributed by atoms with Crippen LogP contribution in [0.15, 0.2) is 85.1 Å². The number of fused-ring (bicyclic) bond motifs is 1. The number of aromatic nitrogens is 1. The molecule has 1 fully saturated rings. The fourth-order valence-electron chi connectivity index (χ4n) is 4.36. The van der Waals surface area contributed by atoms with Crippen LogP contribution < -0.4 is 4.90 Å². The van der Waals surface area contributed by atoms with Crippen molar-refractivity contribution >= 4 is 22.5 Å². The van der Waals surface area contributed by atoms with E-state index < -0.39 is 0 Å². The number of rotatable bonds is 4. The third kappa shape index (κ3) is 3.79. The summed E-state index contributed by atoms with van der Waals surface area (Å²) in [4.78, 5) is 17.3. The lowest BCUT2D eigenvalue weighted by molar-refractivity contribution is 0.0748. The number of para-hydroxylation sites is 2. The minimum Gasteiger partial charge on any atom is -0.366 e. The van der Waals surface area contributed by atoms with Gasteiger partial charge < -0.3 is 14.4 Å². The molecule has 0 radical (unpaired) electrons. The lowest BCUT2D eigenvalue weighted by Gasteiger charge is -2.36. The second-order valence-corrected chi connectivity index (χ2v) is 7.90. The molecule has 1 aliphatic heterocycles. The molecule has 1 aliphatic rings. The number of benzene rings is 3. The number of amides is 1. The molecule has 5 rings (SSSR count). The standard InChI is InChI=1S/C26H24FN3O/c27-23-11-5-7-13-25(23)28-14-16-29(17-15-28)26(31)22-19-30(18-20-8-2-1-3-9-20)24-12-6-4-10-21(22)24/h1-13,19H,14-18H2. The Bertz CT molecular complexity index is 1210. The Balaban J connectivity index is 1.37. The van der Waals surface area contributed by atoms with E-state index in [2.05, 4.69) is 22.8 Å². The molecule has 5 heteroatoms. The number of piperazine rings is 1. The topological polar surface area (TPSA) is 28.5 Å². The van der Waals surface area contributed by atoms with Crippen LogP contribution in [-0.4, -0.2) is 41.6 Å². The highest BCUT2D eigenvalue weighted by Gasteiger charge is 2.25. The van der Waals surface area contributed by atoms with Crippen LogP contribution in [0, 0.1) is 5.82 Å². The largest absolute Gasteiger partial charge is 0.366 e. The molecule has 4 nitrogen and oxygen atoms in total. The van der Waals surface area contributed by atoms with Gasteiger partial charge in [0.25, 0.3) is 5.91 Å². The minimum atomic E-state index is -0.216. The zero-order valence-corrected chi connectivity index (χ0v) is 17.2. The average Bonchev–Trinajstić information content (AvgIpc) is 3.18. The highest BCUT2D eigenvalue weighted by Crippen LogP contribution is 2.25. The Hall–Kier alpha value is -3.60. The summed E-state index contributed by atoms with van der Waals surface area (Å²) < 4.78 is 16.3. The molecule has 1 saturated heterocycles. The van der Waals surface area contributed by atoms with E-state index in [4.69, 9.17) is 0 Å². The van der Waals surface area contributed by atoms with Crippen molar-refractivity contribution < 1.29 is 9.18 Å². The van der Waals surface area contributed by atoms with Crippen molar-refractivity contribution in [2.75, 3.05) is 31.1 Å². The van der Waals surface area contributed by atoms with Gasteiger partial charge in [0.2, 0.25) is 0 Å². The summed E-state index contributed by atoms with van der Waals surface area (Å²) in [5.41, 5.74) is 3.58. The van der Waals surface area contributed by atoms with Crippen LogP contribution in [0.1, 0.15) is 15.9 Å². The summed E-state index contributed by atoms with van der Waals surface area (Å²) in [7, 11) is 0. The van der Waals surface area contributed by atoms with E-state index in [0.717, 1.165) is 23.0 Å². The predicted molar refractivity (Wildman–Crippen MR) is 122 cm³/mol. The maximum absolute atomic E-state index is 14.1. The second kappa shape index (κ2) is 8.26. The van der Waals surface area contributed by atoms with Gasteiger partial charge in [-0.25, -0.2) is 4.39 Å². The van der Waals surface area contributed by atoms with Crippen LogP contribution in [0.3, 0.4) is 0 Å². The van der Waals surface area contributed by atoms with E-state index in [1.54, 1.807) is 12.1 Å². The quantitative estimate of drug-likeness (QED) is 0.481. The Kier molecular flexibility index (Phi) is 5.16. The second-order valence-electron chi connectivity index (χ2n) is 7.90. The van der Waals surface area contributed by atoms with Gasteiger partial charge in [0.1, 0.15) is 5.82 Å². The lowest BCUT2D eigenvalue weighted by Crippen LogP contribution is -2.49. The Morgan fingerprint density at radius 3 is 2.26 bits per heavy atom. The number of carbonyl (C=O) groups is 1. The lowest BCUT2D eigenvalue weighted by atomic mass is 10.1. The van der Waals surface area contributed by atoms with Crippen LogP contribution in [0.25, 0.3) is 10.9 Å². The van der Waals surface area contributed by atoms with Crippen LogP contribution in [0.2, 0.25) is 0 Å². The molecule has 0 bridgehead atoms. The van der Waals surface area contributed by atoms with Crippen LogP contribution in [-0.2, 0) is 6.54 Å². The Morgan fingerprint density at radius 2 is 1.48 bits per heavy atom.